The predicted octanol–water partition coefficient (Wildman–Crippen LogP) is 3.71. The lowest BCUT2D eigenvalue weighted by atomic mass is 10.2. The van der Waals surface area contributed by atoms with Crippen molar-refractivity contribution < 1.29 is 18.7 Å². The summed E-state index contributed by atoms with van der Waals surface area (Å²) < 4.78 is 17.0. The van der Waals surface area contributed by atoms with E-state index in [1.165, 1.54) is 0 Å². The molecule has 0 aliphatic carbocycles. The lowest BCUT2D eigenvalue weighted by Crippen LogP contribution is -2.34. The second kappa shape index (κ2) is 8.38. The second-order valence-electron chi connectivity index (χ2n) is 4.79. The SMILES string of the molecule is CCOC(=O)C(N)Cc1ccc(COc2ccc(Br)cc2Cl)o1. The van der Waals surface area contributed by atoms with E-state index >= 15 is 0 Å². The van der Waals surface area contributed by atoms with Crippen LogP contribution in [0.1, 0.15) is 18.4 Å². The van der Waals surface area contributed by atoms with E-state index in [0.717, 1.165) is 4.47 Å². The van der Waals surface area contributed by atoms with Crippen molar-refractivity contribution >= 4 is 33.5 Å². The Hall–Kier alpha value is -1.50. The normalized spacial score (nSPS) is 12.0. The van der Waals surface area contributed by atoms with Gasteiger partial charge in [0.25, 0.3) is 0 Å². The van der Waals surface area contributed by atoms with Crippen LogP contribution < -0.4 is 10.5 Å². The summed E-state index contributed by atoms with van der Waals surface area (Å²) >= 11 is 9.41. The number of hydrogen-bond donors (Lipinski definition) is 1. The van der Waals surface area contributed by atoms with Gasteiger partial charge in [-0.05, 0) is 37.3 Å². The van der Waals surface area contributed by atoms with E-state index in [2.05, 4.69) is 15.9 Å². The Morgan fingerprint density at radius 3 is 2.78 bits per heavy atom. The topological polar surface area (TPSA) is 74.7 Å². The fraction of sp³-hybridized carbons (Fsp3) is 0.312. The van der Waals surface area contributed by atoms with E-state index in [1.54, 1.807) is 31.2 Å². The third-order valence-electron chi connectivity index (χ3n) is 2.99. The Bertz CT molecular complexity index is 674. The van der Waals surface area contributed by atoms with Gasteiger partial charge in [-0.15, -0.1) is 0 Å². The molecule has 2 aromatic rings. The van der Waals surface area contributed by atoms with Crippen LogP contribution >= 0.6 is 27.5 Å². The molecule has 1 unspecified atom stereocenters. The van der Waals surface area contributed by atoms with Crippen LogP contribution in [0.2, 0.25) is 5.02 Å². The largest absolute Gasteiger partial charge is 0.484 e. The maximum Gasteiger partial charge on any atom is 0.323 e. The number of benzene rings is 1. The van der Waals surface area contributed by atoms with Crippen LogP contribution in [0.5, 0.6) is 5.75 Å². The van der Waals surface area contributed by atoms with Crippen molar-refractivity contribution in [1.29, 1.82) is 0 Å². The number of furan rings is 1. The molecule has 1 aromatic carbocycles. The molecule has 2 rings (SSSR count). The molecule has 124 valence electrons. The number of halogens is 2. The number of nitrogens with two attached hydrogens (primary N) is 1. The lowest BCUT2D eigenvalue weighted by Gasteiger charge is -2.09. The number of hydrogen-bond acceptors (Lipinski definition) is 5. The quantitative estimate of drug-likeness (QED) is 0.715. The fourth-order valence-corrected chi connectivity index (χ4v) is 2.63. The molecule has 0 spiro atoms. The lowest BCUT2D eigenvalue weighted by molar-refractivity contribution is -0.144. The molecular formula is C16H17BrClNO4. The van der Waals surface area contributed by atoms with Gasteiger partial charge in [0.1, 0.15) is 29.9 Å². The number of ether oxygens (including phenoxy) is 2. The molecule has 0 amide bonds. The Kier molecular flexibility index (Phi) is 6.50. The van der Waals surface area contributed by atoms with Gasteiger partial charge in [-0.2, -0.15) is 0 Å². The molecule has 0 aliphatic heterocycles. The van der Waals surface area contributed by atoms with E-state index in [1.807, 2.05) is 6.07 Å². The molecule has 0 saturated heterocycles. The summed E-state index contributed by atoms with van der Waals surface area (Å²) in [6.45, 7) is 2.27. The van der Waals surface area contributed by atoms with Gasteiger partial charge >= 0.3 is 5.97 Å². The smallest absolute Gasteiger partial charge is 0.323 e. The van der Waals surface area contributed by atoms with Crippen molar-refractivity contribution in [2.75, 3.05) is 6.61 Å². The van der Waals surface area contributed by atoms with Crippen LogP contribution in [0.25, 0.3) is 0 Å². The van der Waals surface area contributed by atoms with Crippen LogP contribution in [-0.2, 0) is 22.6 Å². The third-order valence-corrected chi connectivity index (χ3v) is 3.78. The van der Waals surface area contributed by atoms with E-state index in [0.29, 0.717) is 28.9 Å². The molecule has 7 heteroatoms. The Balaban J connectivity index is 1.90. The number of esters is 1. The number of carbonyl (C=O) groups is 1. The maximum absolute atomic E-state index is 11.5. The molecule has 0 radical (unpaired) electrons. The van der Waals surface area contributed by atoms with Crippen molar-refractivity contribution in [2.24, 2.45) is 5.73 Å². The molecule has 5 nitrogen and oxygen atoms in total. The molecular weight excluding hydrogens is 386 g/mol. The molecule has 1 atom stereocenters. The molecule has 0 aliphatic rings. The Labute approximate surface area is 147 Å². The summed E-state index contributed by atoms with van der Waals surface area (Å²) in [6.07, 6.45) is 0.276. The number of carbonyl (C=O) groups excluding carboxylic acids is 1. The van der Waals surface area contributed by atoms with Gasteiger partial charge in [0.05, 0.1) is 11.6 Å². The van der Waals surface area contributed by atoms with E-state index in [9.17, 15) is 4.79 Å². The average Bonchev–Trinajstić information content (AvgIpc) is 2.94. The van der Waals surface area contributed by atoms with Crippen LogP contribution in [0, 0.1) is 0 Å². The molecule has 0 fully saturated rings. The highest BCUT2D eigenvalue weighted by atomic mass is 79.9. The average molecular weight is 403 g/mol. The first-order valence-corrected chi connectivity index (χ1v) is 8.24. The van der Waals surface area contributed by atoms with Crippen LogP contribution in [-0.4, -0.2) is 18.6 Å². The highest BCUT2D eigenvalue weighted by Gasteiger charge is 2.17. The minimum atomic E-state index is -0.740. The first-order valence-electron chi connectivity index (χ1n) is 7.07. The van der Waals surface area contributed by atoms with Crippen LogP contribution in [0.3, 0.4) is 0 Å². The van der Waals surface area contributed by atoms with Gasteiger partial charge in [-0.3, -0.25) is 4.79 Å². The van der Waals surface area contributed by atoms with Gasteiger partial charge in [0.15, 0.2) is 0 Å². The third kappa shape index (κ3) is 5.27. The summed E-state index contributed by atoms with van der Waals surface area (Å²) in [6, 6.07) is 8.17. The standard InChI is InChI=1S/C16H17BrClNO4/c1-2-21-16(20)14(19)8-11-4-5-12(23-11)9-22-15-6-3-10(17)7-13(15)18/h3-7,14H,2,8-9,19H2,1H3. The fourth-order valence-electron chi connectivity index (χ4n) is 1.90. The zero-order valence-electron chi connectivity index (χ0n) is 12.6. The Morgan fingerprint density at radius 2 is 2.09 bits per heavy atom. The van der Waals surface area contributed by atoms with E-state index < -0.39 is 12.0 Å². The highest BCUT2D eigenvalue weighted by molar-refractivity contribution is 9.10. The van der Waals surface area contributed by atoms with Gasteiger partial charge in [0, 0.05) is 10.9 Å². The molecule has 0 bridgehead atoms. The molecule has 23 heavy (non-hydrogen) atoms. The number of rotatable bonds is 7. The minimum Gasteiger partial charge on any atom is -0.484 e. The summed E-state index contributed by atoms with van der Waals surface area (Å²) in [5.41, 5.74) is 5.76. The molecule has 1 aromatic heterocycles. The van der Waals surface area contributed by atoms with Crippen molar-refractivity contribution in [3.8, 4) is 5.75 Å². The molecule has 1 heterocycles. The molecule has 2 N–H and O–H groups in total. The van der Waals surface area contributed by atoms with E-state index in [-0.39, 0.29) is 13.0 Å². The van der Waals surface area contributed by atoms with Crippen molar-refractivity contribution in [3.63, 3.8) is 0 Å². The van der Waals surface area contributed by atoms with E-state index in [4.69, 9.17) is 31.2 Å². The van der Waals surface area contributed by atoms with Crippen molar-refractivity contribution in [3.05, 3.63) is 51.3 Å². The van der Waals surface area contributed by atoms with Gasteiger partial charge in [-0.25, -0.2) is 0 Å². The maximum atomic E-state index is 11.5. The van der Waals surface area contributed by atoms with Crippen molar-refractivity contribution in [2.45, 2.75) is 26.0 Å². The zero-order chi connectivity index (χ0) is 16.8. The first-order chi connectivity index (χ1) is 11.0. The second-order valence-corrected chi connectivity index (χ2v) is 6.12. The highest BCUT2D eigenvalue weighted by Crippen LogP contribution is 2.28. The minimum absolute atomic E-state index is 0.232. The van der Waals surface area contributed by atoms with Crippen LogP contribution in [0.15, 0.2) is 39.2 Å². The summed E-state index contributed by atoms with van der Waals surface area (Å²) in [7, 11) is 0. The summed E-state index contributed by atoms with van der Waals surface area (Å²) in [5, 5.41) is 0.510. The molecule has 0 saturated carbocycles. The van der Waals surface area contributed by atoms with Gasteiger partial charge < -0.3 is 19.6 Å². The summed E-state index contributed by atoms with van der Waals surface area (Å²) in [4.78, 5) is 11.5. The predicted molar refractivity (Wildman–Crippen MR) is 90.5 cm³/mol. The van der Waals surface area contributed by atoms with Crippen LogP contribution in [0.4, 0.5) is 0 Å². The van der Waals surface area contributed by atoms with Crippen molar-refractivity contribution in [1.82, 2.24) is 0 Å². The van der Waals surface area contributed by atoms with Gasteiger partial charge in [0.2, 0.25) is 0 Å². The first kappa shape index (κ1) is 17.8. The Morgan fingerprint density at radius 1 is 1.35 bits per heavy atom. The van der Waals surface area contributed by atoms with Gasteiger partial charge in [-0.1, -0.05) is 27.5 Å². The zero-order valence-corrected chi connectivity index (χ0v) is 14.9. The monoisotopic (exact) mass is 401 g/mol. The summed E-state index contributed by atoms with van der Waals surface area (Å²) in [5.74, 6) is 1.35.